The van der Waals surface area contributed by atoms with Gasteiger partial charge in [-0.3, -0.25) is 9.78 Å². The van der Waals surface area contributed by atoms with Gasteiger partial charge >= 0.3 is 0 Å². The highest BCUT2D eigenvalue weighted by Gasteiger charge is 2.37. The number of para-hydroxylation sites is 1. The van der Waals surface area contributed by atoms with Crippen molar-refractivity contribution in [1.29, 1.82) is 0 Å². The van der Waals surface area contributed by atoms with Crippen LogP contribution in [0.25, 0.3) is 10.9 Å². The standard InChI is InChI=1S/C27H34N2O2/c1-4-6-17-27(18-7-5-2,20-21-13-15-23(31-3)16-14-21)26(30)29-24-12-8-10-22-11-9-19-28-25(22)24/h8-16,19H,4-7,17-18,20H2,1-3H3,(H,29,30). The summed E-state index contributed by atoms with van der Waals surface area (Å²) in [5.41, 5.74) is 2.34. The van der Waals surface area contributed by atoms with Gasteiger partial charge in [0.15, 0.2) is 0 Å². The first kappa shape index (κ1) is 22.8. The number of hydrogen-bond acceptors (Lipinski definition) is 3. The molecule has 0 spiro atoms. The Bertz CT molecular complexity index is 969. The van der Waals surface area contributed by atoms with E-state index in [9.17, 15) is 4.79 Å². The van der Waals surface area contributed by atoms with Gasteiger partial charge in [0.05, 0.1) is 23.7 Å². The molecular formula is C27H34N2O2. The molecule has 0 radical (unpaired) electrons. The number of benzene rings is 2. The summed E-state index contributed by atoms with van der Waals surface area (Å²) in [7, 11) is 1.67. The number of anilines is 1. The van der Waals surface area contributed by atoms with Gasteiger partial charge in [0.2, 0.25) is 5.91 Å². The number of unbranched alkanes of at least 4 members (excludes halogenated alkanes) is 2. The molecule has 4 nitrogen and oxygen atoms in total. The summed E-state index contributed by atoms with van der Waals surface area (Å²) in [4.78, 5) is 18.4. The fourth-order valence-electron chi connectivity index (χ4n) is 4.23. The molecule has 0 aliphatic rings. The van der Waals surface area contributed by atoms with Crippen LogP contribution in [0.2, 0.25) is 0 Å². The van der Waals surface area contributed by atoms with Crippen molar-refractivity contribution < 1.29 is 9.53 Å². The minimum atomic E-state index is -0.447. The van der Waals surface area contributed by atoms with E-state index in [1.807, 2.05) is 42.5 Å². The minimum Gasteiger partial charge on any atom is -0.497 e. The number of methoxy groups -OCH3 is 1. The molecular weight excluding hydrogens is 384 g/mol. The largest absolute Gasteiger partial charge is 0.497 e. The predicted molar refractivity (Wildman–Crippen MR) is 129 cm³/mol. The molecule has 1 aromatic heterocycles. The third kappa shape index (κ3) is 5.63. The fraction of sp³-hybridized carbons (Fsp3) is 0.407. The maximum absolute atomic E-state index is 13.9. The highest BCUT2D eigenvalue weighted by atomic mass is 16.5. The van der Waals surface area contributed by atoms with E-state index in [4.69, 9.17) is 4.74 Å². The molecule has 4 heteroatoms. The first-order valence-corrected chi connectivity index (χ1v) is 11.4. The van der Waals surface area contributed by atoms with Gasteiger partial charge in [-0.2, -0.15) is 0 Å². The zero-order valence-corrected chi connectivity index (χ0v) is 19.0. The SMILES string of the molecule is CCCCC(CCCC)(Cc1ccc(OC)cc1)C(=O)Nc1cccc2cccnc12. The highest BCUT2D eigenvalue weighted by Crippen LogP contribution is 2.37. The number of pyridine rings is 1. The normalized spacial score (nSPS) is 11.5. The molecule has 3 rings (SSSR count). The van der Waals surface area contributed by atoms with Crippen LogP contribution in [0.4, 0.5) is 5.69 Å². The van der Waals surface area contributed by atoms with E-state index in [-0.39, 0.29) is 5.91 Å². The van der Waals surface area contributed by atoms with Gasteiger partial charge in [0.1, 0.15) is 5.75 Å². The molecule has 3 aromatic rings. The highest BCUT2D eigenvalue weighted by molar-refractivity contribution is 6.02. The maximum atomic E-state index is 13.9. The number of nitrogens with one attached hydrogen (secondary N) is 1. The molecule has 0 bridgehead atoms. The van der Waals surface area contributed by atoms with Crippen LogP contribution in [-0.4, -0.2) is 18.0 Å². The monoisotopic (exact) mass is 418 g/mol. The maximum Gasteiger partial charge on any atom is 0.230 e. The van der Waals surface area contributed by atoms with E-state index in [0.29, 0.717) is 0 Å². The van der Waals surface area contributed by atoms with Gasteiger partial charge < -0.3 is 10.1 Å². The number of hydrogen-bond donors (Lipinski definition) is 1. The van der Waals surface area contributed by atoms with Crippen molar-refractivity contribution in [3.63, 3.8) is 0 Å². The molecule has 31 heavy (non-hydrogen) atoms. The van der Waals surface area contributed by atoms with Crippen LogP contribution in [0.5, 0.6) is 5.75 Å². The number of carbonyl (C=O) groups is 1. The lowest BCUT2D eigenvalue weighted by Crippen LogP contribution is -2.38. The number of aromatic nitrogens is 1. The van der Waals surface area contributed by atoms with Gasteiger partial charge in [-0.05, 0) is 49.1 Å². The van der Waals surface area contributed by atoms with Gasteiger partial charge in [-0.25, -0.2) is 0 Å². The number of ether oxygens (including phenoxy) is 1. The Balaban J connectivity index is 1.94. The average molecular weight is 419 g/mol. The van der Waals surface area contributed by atoms with E-state index in [1.54, 1.807) is 13.3 Å². The summed E-state index contributed by atoms with van der Waals surface area (Å²) in [6.45, 7) is 4.37. The number of fused-ring (bicyclic) bond motifs is 1. The van der Waals surface area contributed by atoms with Crippen molar-refractivity contribution in [3.05, 3.63) is 66.4 Å². The fourth-order valence-corrected chi connectivity index (χ4v) is 4.23. The summed E-state index contributed by atoms with van der Waals surface area (Å²) in [6.07, 6.45) is 8.44. The number of nitrogens with zero attached hydrogens (tertiary/aromatic N) is 1. The zero-order valence-electron chi connectivity index (χ0n) is 19.0. The Morgan fingerprint density at radius 1 is 0.968 bits per heavy atom. The number of rotatable bonds is 11. The third-order valence-electron chi connectivity index (χ3n) is 6.08. The van der Waals surface area contributed by atoms with Crippen molar-refractivity contribution in [2.45, 2.75) is 58.8 Å². The molecule has 0 fully saturated rings. The van der Waals surface area contributed by atoms with Crippen LogP contribution < -0.4 is 10.1 Å². The van der Waals surface area contributed by atoms with Crippen LogP contribution in [0.1, 0.15) is 57.9 Å². The van der Waals surface area contributed by atoms with Crippen molar-refractivity contribution in [3.8, 4) is 5.75 Å². The Kier molecular flexibility index (Phi) is 8.05. The third-order valence-corrected chi connectivity index (χ3v) is 6.08. The second-order valence-electron chi connectivity index (χ2n) is 8.35. The second-order valence-corrected chi connectivity index (χ2v) is 8.35. The second kappa shape index (κ2) is 10.9. The molecule has 1 N–H and O–H groups in total. The molecule has 1 heterocycles. The van der Waals surface area contributed by atoms with Gasteiger partial charge in [0, 0.05) is 11.6 Å². The molecule has 0 saturated carbocycles. The summed E-state index contributed by atoms with van der Waals surface area (Å²) < 4.78 is 5.31. The quantitative estimate of drug-likeness (QED) is 0.373. The lowest BCUT2D eigenvalue weighted by molar-refractivity contribution is -0.126. The van der Waals surface area contributed by atoms with Crippen LogP contribution in [0, 0.1) is 5.41 Å². The van der Waals surface area contributed by atoms with Crippen LogP contribution >= 0.6 is 0 Å². The lowest BCUT2D eigenvalue weighted by atomic mass is 9.72. The van der Waals surface area contributed by atoms with Gasteiger partial charge in [-0.1, -0.05) is 69.9 Å². The van der Waals surface area contributed by atoms with Crippen molar-refractivity contribution in [1.82, 2.24) is 4.98 Å². The van der Waals surface area contributed by atoms with Gasteiger partial charge in [-0.15, -0.1) is 0 Å². The summed E-state index contributed by atoms with van der Waals surface area (Å²) in [5, 5.41) is 4.29. The Morgan fingerprint density at radius 2 is 1.65 bits per heavy atom. The molecule has 0 atom stereocenters. The molecule has 164 valence electrons. The molecule has 0 aliphatic carbocycles. The van der Waals surface area contributed by atoms with Crippen LogP contribution in [-0.2, 0) is 11.2 Å². The minimum absolute atomic E-state index is 0.100. The van der Waals surface area contributed by atoms with Crippen molar-refractivity contribution in [2.75, 3.05) is 12.4 Å². The Morgan fingerprint density at radius 3 is 2.29 bits per heavy atom. The first-order valence-electron chi connectivity index (χ1n) is 11.4. The van der Waals surface area contributed by atoms with Crippen LogP contribution in [0.15, 0.2) is 60.8 Å². The number of carbonyl (C=O) groups excluding carboxylic acids is 1. The summed E-state index contributed by atoms with van der Waals surface area (Å²) >= 11 is 0. The topological polar surface area (TPSA) is 51.2 Å². The number of amides is 1. The van der Waals surface area contributed by atoms with E-state index < -0.39 is 5.41 Å². The summed E-state index contributed by atoms with van der Waals surface area (Å²) in [6, 6.07) is 18.0. The van der Waals surface area contributed by atoms with Gasteiger partial charge in [0.25, 0.3) is 0 Å². The molecule has 1 amide bonds. The van der Waals surface area contributed by atoms with Crippen molar-refractivity contribution in [2.24, 2.45) is 5.41 Å². The zero-order chi connectivity index (χ0) is 22.1. The molecule has 0 saturated heterocycles. The predicted octanol–water partition coefficient (Wildman–Crippen LogP) is 6.79. The molecule has 0 aliphatic heterocycles. The van der Waals surface area contributed by atoms with Crippen molar-refractivity contribution >= 4 is 22.5 Å². The van der Waals surface area contributed by atoms with E-state index in [2.05, 4.69) is 36.3 Å². The van der Waals surface area contributed by atoms with E-state index >= 15 is 0 Å². The van der Waals surface area contributed by atoms with E-state index in [1.165, 1.54) is 5.56 Å². The molecule has 0 unspecified atom stereocenters. The smallest absolute Gasteiger partial charge is 0.230 e. The molecule has 2 aromatic carbocycles. The van der Waals surface area contributed by atoms with Crippen LogP contribution in [0.3, 0.4) is 0 Å². The lowest BCUT2D eigenvalue weighted by Gasteiger charge is -2.33. The average Bonchev–Trinajstić information content (AvgIpc) is 2.81. The summed E-state index contributed by atoms with van der Waals surface area (Å²) in [5.74, 6) is 0.936. The van der Waals surface area contributed by atoms with E-state index in [0.717, 1.165) is 67.3 Å². The first-order chi connectivity index (χ1) is 15.1. The Hall–Kier alpha value is -2.88. The Labute approximate surface area is 186 Å².